The third kappa shape index (κ3) is 3.73. The number of benzene rings is 1. The minimum atomic E-state index is -0.310. The number of amides is 1. The fourth-order valence-corrected chi connectivity index (χ4v) is 4.93. The summed E-state index contributed by atoms with van der Waals surface area (Å²) in [7, 11) is 0. The first-order chi connectivity index (χ1) is 12.7. The second-order valence-electron chi connectivity index (χ2n) is 6.34. The number of carbonyl (C=O) groups excluding carboxylic acids is 1. The van der Waals surface area contributed by atoms with Crippen LogP contribution in [0.5, 0.6) is 0 Å². The smallest absolute Gasteiger partial charge is 0.267 e. The number of nitrogens with zero attached hydrogens (tertiary/aromatic N) is 3. The van der Waals surface area contributed by atoms with Gasteiger partial charge in [0.05, 0.1) is 4.91 Å². The van der Waals surface area contributed by atoms with E-state index in [9.17, 15) is 9.18 Å². The molecule has 1 aliphatic heterocycles. The molecule has 1 aliphatic carbocycles. The highest BCUT2D eigenvalue weighted by Gasteiger charge is 2.38. The van der Waals surface area contributed by atoms with E-state index in [1.54, 1.807) is 24.4 Å². The van der Waals surface area contributed by atoms with Crippen LogP contribution >= 0.6 is 23.1 Å². The molecule has 26 heavy (non-hydrogen) atoms. The summed E-state index contributed by atoms with van der Waals surface area (Å²) in [6.07, 6.45) is 8.93. The van der Waals surface area contributed by atoms with E-state index in [0.29, 0.717) is 20.8 Å². The Balaban J connectivity index is 1.69. The summed E-state index contributed by atoms with van der Waals surface area (Å²) >= 11 is 2.80. The fraction of sp³-hybridized carbons (Fsp3) is 0.316. The predicted octanol–water partition coefficient (Wildman–Crippen LogP) is 5.22. The van der Waals surface area contributed by atoms with E-state index in [2.05, 4.69) is 9.98 Å². The average Bonchev–Trinajstić information content (AvgIpc) is 3.25. The molecule has 1 saturated carbocycles. The summed E-state index contributed by atoms with van der Waals surface area (Å²) in [5.41, 5.74) is 0.681. The average molecular weight is 388 g/mol. The molecular weight excluding hydrogens is 369 g/mol. The molecule has 1 aromatic carbocycles. The maximum absolute atomic E-state index is 13.5. The molecule has 7 heteroatoms. The largest absolute Gasteiger partial charge is 0.283 e. The highest BCUT2D eigenvalue weighted by Crippen LogP contribution is 2.38. The lowest BCUT2D eigenvalue weighted by molar-refractivity contribution is -0.124. The quantitative estimate of drug-likeness (QED) is 0.679. The molecule has 2 aliphatic rings. The topological polar surface area (TPSA) is 45.6 Å². The normalized spacial score (nSPS) is 21.9. The SMILES string of the molecule is O=C1/C(=C/c2cccc(F)c2)S/C(=N/c2nccs2)N1C1CCCCC1. The number of hydrogen-bond acceptors (Lipinski definition) is 5. The lowest BCUT2D eigenvalue weighted by atomic mass is 9.94. The molecule has 2 aromatic rings. The van der Waals surface area contributed by atoms with Gasteiger partial charge in [-0.05, 0) is 48.4 Å². The molecule has 4 rings (SSSR count). The Hall–Kier alpha value is -1.99. The summed E-state index contributed by atoms with van der Waals surface area (Å²) in [5.74, 6) is -0.350. The zero-order valence-corrected chi connectivity index (χ0v) is 15.7. The van der Waals surface area contributed by atoms with Crippen LogP contribution in [-0.4, -0.2) is 27.0 Å². The number of rotatable bonds is 3. The molecule has 0 N–H and O–H groups in total. The third-order valence-corrected chi connectivity index (χ3v) is 6.18. The van der Waals surface area contributed by atoms with Gasteiger partial charge in [0.25, 0.3) is 5.91 Å². The van der Waals surface area contributed by atoms with Gasteiger partial charge in [0.15, 0.2) is 5.17 Å². The second-order valence-corrected chi connectivity index (χ2v) is 8.22. The van der Waals surface area contributed by atoms with Crippen LogP contribution in [0.2, 0.25) is 0 Å². The molecule has 0 unspecified atom stereocenters. The van der Waals surface area contributed by atoms with Gasteiger partial charge >= 0.3 is 0 Å². The van der Waals surface area contributed by atoms with E-state index in [1.807, 2.05) is 10.3 Å². The zero-order valence-electron chi connectivity index (χ0n) is 14.1. The van der Waals surface area contributed by atoms with Crippen LogP contribution < -0.4 is 0 Å². The van der Waals surface area contributed by atoms with Crippen molar-refractivity contribution in [1.29, 1.82) is 0 Å². The van der Waals surface area contributed by atoms with Crippen LogP contribution in [0.4, 0.5) is 9.52 Å². The number of thioether (sulfide) groups is 1. The summed E-state index contributed by atoms with van der Waals surface area (Å²) < 4.78 is 13.5. The Labute approximate surface area is 159 Å². The van der Waals surface area contributed by atoms with Crippen molar-refractivity contribution in [2.45, 2.75) is 38.1 Å². The van der Waals surface area contributed by atoms with Crippen molar-refractivity contribution in [1.82, 2.24) is 9.88 Å². The number of aliphatic imine (C=N–C) groups is 1. The lowest BCUT2D eigenvalue weighted by Gasteiger charge is -2.30. The van der Waals surface area contributed by atoms with Gasteiger partial charge in [-0.1, -0.05) is 31.4 Å². The van der Waals surface area contributed by atoms with Crippen molar-refractivity contribution < 1.29 is 9.18 Å². The first-order valence-electron chi connectivity index (χ1n) is 8.67. The van der Waals surface area contributed by atoms with Gasteiger partial charge in [0, 0.05) is 17.6 Å². The van der Waals surface area contributed by atoms with Crippen LogP contribution in [-0.2, 0) is 4.79 Å². The Bertz CT molecular complexity index is 857. The minimum Gasteiger partial charge on any atom is -0.283 e. The van der Waals surface area contributed by atoms with Crippen LogP contribution in [0.25, 0.3) is 6.08 Å². The highest BCUT2D eigenvalue weighted by molar-refractivity contribution is 8.18. The first-order valence-corrected chi connectivity index (χ1v) is 10.4. The highest BCUT2D eigenvalue weighted by atomic mass is 32.2. The summed E-state index contributed by atoms with van der Waals surface area (Å²) in [6.45, 7) is 0. The van der Waals surface area contributed by atoms with E-state index in [0.717, 1.165) is 25.7 Å². The van der Waals surface area contributed by atoms with Crippen LogP contribution in [0.3, 0.4) is 0 Å². The molecular formula is C19H18FN3OS2. The van der Waals surface area contributed by atoms with Gasteiger partial charge in [0.1, 0.15) is 5.82 Å². The molecule has 1 aromatic heterocycles. The monoisotopic (exact) mass is 387 g/mol. The summed E-state index contributed by atoms with van der Waals surface area (Å²) in [5, 5.41) is 3.20. The summed E-state index contributed by atoms with van der Waals surface area (Å²) in [6, 6.07) is 6.46. The van der Waals surface area contributed by atoms with Crippen molar-refractivity contribution in [3.05, 3.63) is 52.1 Å². The predicted molar refractivity (Wildman–Crippen MR) is 105 cm³/mol. The molecule has 134 valence electrons. The standard InChI is InChI=1S/C19H18FN3OS2/c20-14-6-4-5-13(11-14)12-16-17(24)23(15-7-2-1-3-8-15)19(26-16)22-18-21-9-10-25-18/h4-6,9-12,15H,1-3,7-8H2/b16-12-,22-19+. The first kappa shape index (κ1) is 17.4. The fourth-order valence-electron chi connectivity index (χ4n) is 3.33. The Morgan fingerprint density at radius 2 is 2.12 bits per heavy atom. The molecule has 4 nitrogen and oxygen atoms in total. The zero-order chi connectivity index (χ0) is 17.9. The molecule has 0 atom stereocenters. The van der Waals surface area contributed by atoms with E-state index in [1.165, 1.54) is 41.7 Å². The Morgan fingerprint density at radius 3 is 2.85 bits per heavy atom. The van der Waals surface area contributed by atoms with Gasteiger partial charge in [-0.3, -0.25) is 9.69 Å². The van der Waals surface area contributed by atoms with Gasteiger partial charge in [-0.15, -0.1) is 11.3 Å². The number of hydrogen-bond donors (Lipinski definition) is 0. The van der Waals surface area contributed by atoms with E-state index < -0.39 is 0 Å². The van der Waals surface area contributed by atoms with E-state index in [4.69, 9.17) is 0 Å². The van der Waals surface area contributed by atoms with Crippen molar-refractivity contribution in [2.24, 2.45) is 4.99 Å². The number of amidine groups is 1. The number of halogens is 1. The van der Waals surface area contributed by atoms with Crippen LogP contribution in [0.1, 0.15) is 37.7 Å². The van der Waals surface area contributed by atoms with Crippen molar-refractivity contribution >= 4 is 45.4 Å². The van der Waals surface area contributed by atoms with Crippen molar-refractivity contribution in [3.8, 4) is 0 Å². The molecule has 1 amide bonds. The molecule has 0 spiro atoms. The van der Waals surface area contributed by atoms with Crippen molar-refractivity contribution in [3.63, 3.8) is 0 Å². The summed E-state index contributed by atoms with van der Waals surface area (Å²) in [4.78, 5) is 24.3. The van der Waals surface area contributed by atoms with Crippen LogP contribution in [0.15, 0.2) is 45.7 Å². The van der Waals surface area contributed by atoms with Crippen molar-refractivity contribution in [2.75, 3.05) is 0 Å². The maximum Gasteiger partial charge on any atom is 0.267 e. The van der Waals surface area contributed by atoms with Gasteiger partial charge in [-0.25, -0.2) is 9.37 Å². The number of aromatic nitrogens is 1. The van der Waals surface area contributed by atoms with Gasteiger partial charge in [-0.2, -0.15) is 4.99 Å². The molecule has 2 heterocycles. The lowest BCUT2D eigenvalue weighted by Crippen LogP contribution is -2.40. The van der Waals surface area contributed by atoms with Crippen LogP contribution in [0, 0.1) is 5.82 Å². The molecule has 1 saturated heterocycles. The van der Waals surface area contributed by atoms with Gasteiger partial charge < -0.3 is 0 Å². The number of carbonyl (C=O) groups is 1. The van der Waals surface area contributed by atoms with E-state index in [-0.39, 0.29) is 17.8 Å². The molecule has 0 bridgehead atoms. The molecule has 2 fully saturated rings. The third-order valence-electron chi connectivity index (χ3n) is 4.53. The molecule has 0 radical (unpaired) electrons. The second kappa shape index (κ2) is 7.72. The Kier molecular flexibility index (Phi) is 5.17. The Morgan fingerprint density at radius 1 is 1.27 bits per heavy atom. The number of thiazole rings is 1. The minimum absolute atomic E-state index is 0.0403. The van der Waals surface area contributed by atoms with E-state index >= 15 is 0 Å². The van der Waals surface area contributed by atoms with Gasteiger partial charge in [0.2, 0.25) is 5.13 Å². The maximum atomic E-state index is 13.5.